The Balaban J connectivity index is 2.32. The maximum Gasteiger partial charge on any atom is 0.270 e. The van der Waals surface area contributed by atoms with E-state index in [4.69, 9.17) is 5.26 Å². The summed E-state index contributed by atoms with van der Waals surface area (Å²) < 4.78 is 0. The van der Waals surface area contributed by atoms with Crippen molar-refractivity contribution in [3.63, 3.8) is 0 Å². The first-order valence-corrected chi connectivity index (χ1v) is 5.94. The molecule has 5 heteroatoms. The minimum Gasteiger partial charge on any atom is -0.258 e. The zero-order valence-electron chi connectivity index (χ0n) is 9.24. The lowest BCUT2D eigenvalue weighted by molar-refractivity contribution is -0.385. The molecule has 0 radical (unpaired) electrons. The second-order valence-corrected chi connectivity index (χ2v) is 4.58. The fraction of sp³-hybridized carbons (Fsp3) is 0. The Morgan fingerprint density at radius 1 is 1.17 bits per heavy atom. The molecule has 0 unspecified atom stereocenters. The van der Waals surface area contributed by atoms with Crippen molar-refractivity contribution < 1.29 is 4.92 Å². The number of nitrogens with zero attached hydrogens (tertiary/aromatic N) is 2. The zero-order valence-corrected chi connectivity index (χ0v) is 10.1. The van der Waals surface area contributed by atoms with Crippen LogP contribution in [0.2, 0.25) is 0 Å². The molecule has 0 spiro atoms. The van der Waals surface area contributed by atoms with E-state index in [1.807, 2.05) is 12.1 Å². The molecule has 0 bridgehead atoms. The number of rotatable bonds is 3. The summed E-state index contributed by atoms with van der Waals surface area (Å²) in [5.74, 6) is 0. The first-order chi connectivity index (χ1) is 8.70. The largest absolute Gasteiger partial charge is 0.270 e. The van der Waals surface area contributed by atoms with Gasteiger partial charge in [0.25, 0.3) is 5.69 Å². The molecule has 0 N–H and O–H groups in total. The van der Waals surface area contributed by atoms with Crippen LogP contribution in [-0.4, -0.2) is 4.92 Å². The van der Waals surface area contributed by atoms with Gasteiger partial charge < -0.3 is 0 Å². The number of benzene rings is 2. The van der Waals surface area contributed by atoms with Gasteiger partial charge in [-0.2, -0.15) is 5.26 Å². The lowest BCUT2D eigenvalue weighted by Gasteiger charge is -2.03. The van der Waals surface area contributed by atoms with Gasteiger partial charge in [0.1, 0.15) is 6.07 Å². The number of hydrogen-bond acceptors (Lipinski definition) is 4. The molecule has 0 aliphatic rings. The molecule has 0 amide bonds. The molecule has 0 saturated carbocycles. The predicted octanol–water partition coefficient (Wildman–Crippen LogP) is 3.62. The van der Waals surface area contributed by atoms with Gasteiger partial charge in [-0.25, -0.2) is 0 Å². The highest BCUT2D eigenvalue weighted by molar-refractivity contribution is 7.99. The second-order valence-electron chi connectivity index (χ2n) is 3.46. The third-order valence-electron chi connectivity index (χ3n) is 2.26. The molecule has 0 aliphatic heterocycles. The van der Waals surface area contributed by atoms with Crippen molar-refractivity contribution in [3.8, 4) is 6.07 Å². The Hall–Kier alpha value is -2.32. The molecule has 88 valence electrons. The molecule has 0 saturated heterocycles. The van der Waals surface area contributed by atoms with Gasteiger partial charge in [-0.3, -0.25) is 10.1 Å². The minimum atomic E-state index is -0.430. The first kappa shape index (κ1) is 12.1. The van der Waals surface area contributed by atoms with Crippen LogP contribution >= 0.6 is 11.8 Å². The van der Waals surface area contributed by atoms with E-state index in [0.29, 0.717) is 5.56 Å². The van der Waals surface area contributed by atoms with E-state index in [-0.39, 0.29) is 5.69 Å². The van der Waals surface area contributed by atoms with Crippen LogP contribution in [0.3, 0.4) is 0 Å². The Kier molecular flexibility index (Phi) is 3.60. The van der Waals surface area contributed by atoms with Crippen molar-refractivity contribution in [2.24, 2.45) is 0 Å². The molecular weight excluding hydrogens is 248 g/mol. The lowest BCUT2D eigenvalue weighted by Crippen LogP contribution is -1.87. The van der Waals surface area contributed by atoms with E-state index in [1.165, 1.54) is 23.9 Å². The van der Waals surface area contributed by atoms with Crippen molar-refractivity contribution in [2.45, 2.75) is 9.79 Å². The van der Waals surface area contributed by atoms with Crippen molar-refractivity contribution in [1.82, 2.24) is 0 Å². The maximum absolute atomic E-state index is 10.7. The predicted molar refractivity (Wildman–Crippen MR) is 68.4 cm³/mol. The normalized spacial score (nSPS) is 9.72. The van der Waals surface area contributed by atoms with E-state index in [1.54, 1.807) is 24.3 Å². The van der Waals surface area contributed by atoms with Crippen LogP contribution in [0.25, 0.3) is 0 Å². The topological polar surface area (TPSA) is 66.9 Å². The van der Waals surface area contributed by atoms with Crippen LogP contribution in [-0.2, 0) is 0 Å². The quantitative estimate of drug-likeness (QED) is 0.621. The summed E-state index contributed by atoms with van der Waals surface area (Å²) in [7, 11) is 0. The molecular formula is C13H8N2O2S. The standard InChI is InChI=1S/C13H8N2O2S/c14-9-10-4-1-2-7-13(10)18-12-6-3-5-11(8-12)15(16)17/h1-8H. The molecule has 0 aromatic heterocycles. The SMILES string of the molecule is N#Cc1ccccc1Sc1cccc([N+](=O)[O-])c1. The molecule has 2 aromatic carbocycles. The number of hydrogen-bond donors (Lipinski definition) is 0. The van der Waals surface area contributed by atoms with Crippen LogP contribution in [0.1, 0.15) is 5.56 Å². The fourth-order valence-corrected chi connectivity index (χ4v) is 2.39. The van der Waals surface area contributed by atoms with E-state index in [2.05, 4.69) is 6.07 Å². The van der Waals surface area contributed by atoms with Gasteiger partial charge in [-0.15, -0.1) is 0 Å². The Morgan fingerprint density at radius 3 is 2.67 bits per heavy atom. The number of non-ortho nitro benzene ring substituents is 1. The van der Waals surface area contributed by atoms with Gasteiger partial charge in [0, 0.05) is 21.9 Å². The molecule has 18 heavy (non-hydrogen) atoms. The van der Waals surface area contributed by atoms with Gasteiger partial charge in [0.05, 0.1) is 10.5 Å². The van der Waals surface area contributed by atoms with Crippen molar-refractivity contribution in [3.05, 3.63) is 64.2 Å². The number of nitriles is 1. The van der Waals surface area contributed by atoms with Crippen molar-refractivity contribution in [2.75, 3.05) is 0 Å². The molecule has 0 atom stereocenters. The molecule has 4 nitrogen and oxygen atoms in total. The fourth-order valence-electron chi connectivity index (χ4n) is 1.44. The van der Waals surface area contributed by atoms with Gasteiger partial charge in [-0.05, 0) is 18.2 Å². The van der Waals surface area contributed by atoms with E-state index >= 15 is 0 Å². The highest BCUT2D eigenvalue weighted by Gasteiger charge is 2.08. The smallest absolute Gasteiger partial charge is 0.258 e. The second kappa shape index (κ2) is 5.34. The highest BCUT2D eigenvalue weighted by atomic mass is 32.2. The summed E-state index contributed by atoms with van der Waals surface area (Å²) in [5, 5.41) is 19.6. The van der Waals surface area contributed by atoms with E-state index in [0.717, 1.165) is 9.79 Å². The maximum atomic E-state index is 10.7. The van der Waals surface area contributed by atoms with Gasteiger partial charge in [-0.1, -0.05) is 30.0 Å². The Bertz CT molecular complexity index is 635. The number of nitro benzene ring substituents is 1. The summed E-state index contributed by atoms with van der Waals surface area (Å²) in [6.07, 6.45) is 0. The van der Waals surface area contributed by atoms with Gasteiger partial charge >= 0.3 is 0 Å². The zero-order chi connectivity index (χ0) is 13.0. The summed E-state index contributed by atoms with van der Waals surface area (Å²) >= 11 is 1.34. The third-order valence-corrected chi connectivity index (χ3v) is 3.33. The summed E-state index contributed by atoms with van der Waals surface area (Å²) in [5.41, 5.74) is 0.614. The van der Waals surface area contributed by atoms with Crippen LogP contribution in [0, 0.1) is 21.4 Å². The summed E-state index contributed by atoms with van der Waals surface area (Å²) in [6, 6.07) is 15.6. The van der Waals surface area contributed by atoms with Crippen molar-refractivity contribution >= 4 is 17.4 Å². The average Bonchev–Trinajstić information content (AvgIpc) is 2.39. The monoisotopic (exact) mass is 256 g/mol. The van der Waals surface area contributed by atoms with E-state index in [9.17, 15) is 10.1 Å². The first-order valence-electron chi connectivity index (χ1n) is 5.12. The van der Waals surface area contributed by atoms with Crippen molar-refractivity contribution in [1.29, 1.82) is 5.26 Å². The van der Waals surface area contributed by atoms with Crippen LogP contribution < -0.4 is 0 Å². The highest BCUT2D eigenvalue weighted by Crippen LogP contribution is 2.31. The Morgan fingerprint density at radius 2 is 1.94 bits per heavy atom. The summed E-state index contributed by atoms with van der Waals surface area (Å²) in [6.45, 7) is 0. The number of nitro groups is 1. The minimum absolute atomic E-state index is 0.0504. The van der Waals surface area contributed by atoms with Crippen LogP contribution in [0.4, 0.5) is 5.69 Å². The molecule has 2 rings (SSSR count). The molecule has 0 fully saturated rings. The van der Waals surface area contributed by atoms with Crippen LogP contribution in [0.5, 0.6) is 0 Å². The lowest BCUT2D eigenvalue weighted by atomic mass is 10.2. The molecule has 0 aliphatic carbocycles. The molecule has 0 heterocycles. The average molecular weight is 256 g/mol. The van der Waals surface area contributed by atoms with Gasteiger partial charge in [0.15, 0.2) is 0 Å². The molecule has 2 aromatic rings. The van der Waals surface area contributed by atoms with Crippen LogP contribution in [0.15, 0.2) is 58.3 Å². The van der Waals surface area contributed by atoms with E-state index < -0.39 is 4.92 Å². The Labute approximate surface area is 108 Å². The summed E-state index contributed by atoms with van der Waals surface area (Å²) in [4.78, 5) is 11.8. The van der Waals surface area contributed by atoms with Gasteiger partial charge in [0.2, 0.25) is 0 Å². The third kappa shape index (κ3) is 2.67.